The molecule has 4 aromatic rings. The van der Waals surface area contributed by atoms with E-state index in [0.717, 1.165) is 11.9 Å². The van der Waals surface area contributed by atoms with E-state index in [1.54, 1.807) is 10.8 Å². The molecule has 1 fully saturated rings. The number of nitrogens with zero attached hydrogens (tertiary/aromatic N) is 6. The highest BCUT2D eigenvalue weighted by Crippen LogP contribution is 2.33. The molecule has 0 radical (unpaired) electrons. The van der Waals surface area contributed by atoms with E-state index in [-0.39, 0.29) is 18.2 Å². The first-order valence-electron chi connectivity index (χ1n) is 10.6. The molecular formula is C22H21FN8O3. The molecule has 11 nitrogen and oxygen atoms in total. The Balaban J connectivity index is 1.57. The molecule has 5 rings (SSSR count). The molecule has 1 saturated heterocycles. The molecule has 3 N–H and O–H groups in total. The molecular weight excluding hydrogens is 443 g/mol. The lowest BCUT2D eigenvalue weighted by Gasteiger charge is -2.17. The van der Waals surface area contributed by atoms with Crippen LogP contribution in [-0.2, 0) is 16.1 Å². The number of carbonyl (C=O) groups excluding carboxylic acids is 1. The molecule has 0 aliphatic carbocycles. The molecule has 34 heavy (non-hydrogen) atoms. The number of aliphatic hydroxyl groups is 1. The molecule has 1 aliphatic rings. The Kier molecular flexibility index (Phi) is 5.82. The SMILES string of the molecule is CNC(=O)[C@@H]1C[C@@H](O)[C@H](n2cnc3c(NCc4ccccn4)nc(-c4cncc(F)c4)nc32)O1. The fraction of sp³-hybridized carbons (Fsp3) is 0.273. The van der Waals surface area contributed by atoms with Crippen LogP contribution in [0.15, 0.2) is 49.2 Å². The predicted molar refractivity (Wildman–Crippen MR) is 119 cm³/mol. The quantitative estimate of drug-likeness (QED) is 0.386. The van der Waals surface area contributed by atoms with Gasteiger partial charge in [0.1, 0.15) is 18.0 Å². The maximum absolute atomic E-state index is 13.9. The zero-order valence-corrected chi connectivity index (χ0v) is 18.1. The van der Waals surface area contributed by atoms with Gasteiger partial charge in [0.25, 0.3) is 0 Å². The second kappa shape index (κ2) is 9.08. The Bertz CT molecular complexity index is 1330. The fourth-order valence-corrected chi connectivity index (χ4v) is 3.80. The van der Waals surface area contributed by atoms with Gasteiger partial charge >= 0.3 is 0 Å². The first-order valence-corrected chi connectivity index (χ1v) is 10.6. The van der Waals surface area contributed by atoms with Gasteiger partial charge in [0.15, 0.2) is 29.0 Å². The number of halogens is 1. The predicted octanol–water partition coefficient (Wildman–Crippen LogP) is 1.43. The van der Waals surface area contributed by atoms with Crippen LogP contribution >= 0.6 is 0 Å². The molecule has 0 spiro atoms. The summed E-state index contributed by atoms with van der Waals surface area (Å²) in [5, 5.41) is 16.3. The van der Waals surface area contributed by atoms with E-state index in [9.17, 15) is 14.3 Å². The molecule has 0 unspecified atom stereocenters. The topological polar surface area (TPSA) is 140 Å². The lowest BCUT2D eigenvalue weighted by Crippen LogP contribution is -2.31. The van der Waals surface area contributed by atoms with Crippen molar-refractivity contribution in [2.75, 3.05) is 12.4 Å². The first-order chi connectivity index (χ1) is 16.5. The number of likely N-dealkylation sites (N-methyl/N-ethyl adjacent to an activating group) is 1. The molecule has 0 aromatic carbocycles. The van der Waals surface area contributed by atoms with Gasteiger partial charge in [0.2, 0.25) is 5.91 Å². The summed E-state index contributed by atoms with van der Waals surface area (Å²) in [4.78, 5) is 33.7. The summed E-state index contributed by atoms with van der Waals surface area (Å²) < 4.78 is 21.2. The average molecular weight is 464 g/mol. The number of carbonyl (C=O) groups is 1. The third-order valence-corrected chi connectivity index (χ3v) is 5.45. The minimum atomic E-state index is -0.959. The van der Waals surface area contributed by atoms with Crippen LogP contribution in [0.4, 0.5) is 10.2 Å². The van der Waals surface area contributed by atoms with Gasteiger partial charge in [-0.2, -0.15) is 0 Å². The number of rotatable bonds is 6. The van der Waals surface area contributed by atoms with Crippen LogP contribution in [0.1, 0.15) is 18.3 Å². The number of amides is 1. The van der Waals surface area contributed by atoms with Crippen molar-refractivity contribution in [1.29, 1.82) is 0 Å². The minimum Gasteiger partial charge on any atom is -0.388 e. The third kappa shape index (κ3) is 4.16. The molecule has 5 heterocycles. The van der Waals surface area contributed by atoms with E-state index >= 15 is 0 Å². The highest BCUT2D eigenvalue weighted by atomic mass is 19.1. The minimum absolute atomic E-state index is 0.126. The van der Waals surface area contributed by atoms with E-state index < -0.39 is 24.3 Å². The van der Waals surface area contributed by atoms with Crippen molar-refractivity contribution in [2.24, 2.45) is 0 Å². The summed E-state index contributed by atoms with van der Waals surface area (Å²) in [6.45, 7) is 0.363. The average Bonchev–Trinajstić information content (AvgIpc) is 3.45. The van der Waals surface area contributed by atoms with Crippen LogP contribution in [0.3, 0.4) is 0 Å². The van der Waals surface area contributed by atoms with E-state index in [1.807, 2.05) is 18.2 Å². The van der Waals surface area contributed by atoms with Gasteiger partial charge in [-0.05, 0) is 18.2 Å². The Hall–Kier alpha value is -4.03. The monoisotopic (exact) mass is 464 g/mol. The van der Waals surface area contributed by atoms with Crippen molar-refractivity contribution in [3.05, 3.63) is 60.7 Å². The molecule has 4 aromatic heterocycles. The number of hydrogen-bond acceptors (Lipinski definition) is 9. The van der Waals surface area contributed by atoms with E-state index in [0.29, 0.717) is 29.1 Å². The summed E-state index contributed by atoms with van der Waals surface area (Å²) in [5.41, 5.74) is 1.92. The number of nitrogens with one attached hydrogen (secondary N) is 2. The van der Waals surface area contributed by atoms with Crippen molar-refractivity contribution in [3.8, 4) is 11.4 Å². The van der Waals surface area contributed by atoms with Crippen molar-refractivity contribution in [3.63, 3.8) is 0 Å². The highest BCUT2D eigenvalue weighted by molar-refractivity contribution is 5.85. The van der Waals surface area contributed by atoms with Crippen LogP contribution in [-0.4, -0.2) is 59.8 Å². The van der Waals surface area contributed by atoms with E-state index in [2.05, 4.69) is 35.6 Å². The van der Waals surface area contributed by atoms with E-state index in [4.69, 9.17) is 4.74 Å². The second-order valence-electron chi connectivity index (χ2n) is 7.72. The van der Waals surface area contributed by atoms with Gasteiger partial charge in [0, 0.05) is 31.4 Å². The summed E-state index contributed by atoms with van der Waals surface area (Å²) in [5.74, 6) is -0.255. The van der Waals surface area contributed by atoms with Crippen LogP contribution in [0.25, 0.3) is 22.6 Å². The maximum Gasteiger partial charge on any atom is 0.249 e. The number of fused-ring (bicyclic) bond motifs is 1. The lowest BCUT2D eigenvalue weighted by molar-refractivity contribution is -0.134. The normalized spacial score (nSPS) is 19.9. The van der Waals surface area contributed by atoms with E-state index in [1.165, 1.54) is 25.6 Å². The molecule has 3 atom stereocenters. The van der Waals surface area contributed by atoms with Crippen molar-refractivity contribution >= 4 is 22.9 Å². The smallest absolute Gasteiger partial charge is 0.249 e. The number of aromatic nitrogens is 6. The van der Waals surface area contributed by atoms with Gasteiger partial charge in [-0.3, -0.25) is 19.3 Å². The summed E-state index contributed by atoms with van der Waals surface area (Å²) in [7, 11) is 1.50. The van der Waals surface area contributed by atoms with Crippen molar-refractivity contribution < 1.29 is 19.0 Å². The third-order valence-electron chi connectivity index (χ3n) is 5.45. The molecule has 1 amide bonds. The van der Waals surface area contributed by atoms with Gasteiger partial charge in [-0.25, -0.2) is 19.3 Å². The maximum atomic E-state index is 13.9. The zero-order valence-electron chi connectivity index (χ0n) is 18.1. The van der Waals surface area contributed by atoms with Crippen LogP contribution in [0, 0.1) is 5.82 Å². The van der Waals surface area contributed by atoms with Crippen LogP contribution in [0.2, 0.25) is 0 Å². The molecule has 1 aliphatic heterocycles. The number of pyridine rings is 2. The number of imidazole rings is 1. The molecule has 12 heteroatoms. The largest absolute Gasteiger partial charge is 0.388 e. The highest BCUT2D eigenvalue weighted by Gasteiger charge is 2.39. The Morgan fingerprint density at radius 2 is 2.18 bits per heavy atom. The fourth-order valence-electron chi connectivity index (χ4n) is 3.80. The Morgan fingerprint density at radius 3 is 2.94 bits per heavy atom. The molecule has 174 valence electrons. The molecule has 0 bridgehead atoms. The number of hydrogen-bond donors (Lipinski definition) is 3. The summed E-state index contributed by atoms with van der Waals surface area (Å²) in [6, 6.07) is 6.84. The zero-order chi connectivity index (χ0) is 23.7. The van der Waals surface area contributed by atoms with Gasteiger partial charge in [-0.15, -0.1) is 0 Å². The Labute approximate surface area is 193 Å². The van der Waals surface area contributed by atoms with Gasteiger partial charge in [-0.1, -0.05) is 6.07 Å². The number of ether oxygens (including phenoxy) is 1. The van der Waals surface area contributed by atoms with Crippen LogP contribution < -0.4 is 10.6 Å². The van der Waals surface area contributed by atoms with Crippen LogP contribution in [0.5, 0.6) is 0 Å². The summed E-state index contributed by atoms with van der Waals surface area (Å²) >= 11 is 0. The van der Waals surface area contributed by atoms with Gasteiger partial charge in [0.05, 0.1) is 24.8 Å². The standard InChI is InChI=1S/C22H21FN8O3/c1-24-21(33)16-7-15(32)22(34-16)31-11-28-17-19(27-10-14-4-2-3-5-26-14)29-18(30-20(17)31)12-6-13(23)9-25-8-12/h2-6,8-9,11,15-16,22,32H,7,10H2,1H3,(H,24,33)(H,27,29,30)/t15-,16+,22-/m1/s1. The molecule has 0 saturated carbocycles. The first kappa shape index (κ1) is 21.8. The number of aliphatic hydroxyl groups excluding tert-OH is 1. The second-order valence-corrected chi connectivity index (χ2v) is 7.72. The Morgan fingerprint density at radius 1 is 1.29 bits per heavy atom. The number of anilines is 1. The van der Waals surface area contributed by atoms with Crippen molar-refractivity contribution in [1.82, 2.24) is 34.8 Å². The van der Waals surface area contributed by atoms with Gasteiger partial charge < -0.3 is 20.5 Å². The summed E-state index contributed by atoms with van der Waals surface area (Å²) in [6.07, 6.45) is 3.18. The van der Waals surface area contributed by atoms with Crippen molar-refractivity contribution in [2.45, 2.75) is 31.4 Å². The lowest BCUT2D eigenvalue weighted by atomic mass is 10.2.